The lowest BCUT2D eigenvalue weighted by Gasteiger charge is -2.07. The Morgan fingerprint density at radius 1 is 1.08 bits per heavy atom. The number of hydrogen-bond donors (Lipinski definition) is 0. The van der Waals surface area contributed by atoms with Crippen molar-refractivity contribution in [1.29, 1.82) is 0 Å². The van der Waals surface area contributed by atoms with E-state index in [0.717, 1.165) is 22.2 Å². The fourth-order valence-corrected chi connectivity index (χ4v) is 3.20. The Kier molecular flexibility index (Phi) is 4.57. The van der Waals surface area contributed by atoms with Gasteiger partial charge in [0, 0.05) is 5.52 Å². The highest BCUT2D eigenvalue weighted by Gasteiger charge is 2.23. The van der Waals surface area contributed by atoms with E-state index in [4.69, 9.17) is 4.74 Å². The second-order valence-corrected chi connectivity index (χ2v) is 5.76. The van der Waals surface area contributed by atoms with Gasteiger partial charge in [0.25, 0.3) is 0 Å². The van der Waals surface area contributed by atoms with Crippen LogP contribution in [0.4, 0.5) is 0 Å². The molecule has 0 radical (unpaired) electrons. The maximum absolute atomic E-state index is 12.3. The van der Waals surface area contributed by atoms with E-state index in [9.17, 15) is 14.7 Å². The van der Waals surface area contributed by atoms with E-state index in [0.29, 0.717) is 18.6 Å². The van der Waals surface area contributed by atoms with E-state index in [1.807, 2.05) is 43.3 Å². The Bertz CT molecular complexity index is 941. The maximum Gasteiger partial charge on any atom is 0.225 e. The molecule has 0 N–H and O–H groups in total. The molecule has 0 spiro atoms. The lowest BCUT2D eigenvalue weighted by Crippen LogP contribution is -2.33. The molecule has 2 aromatic heterocycles. The van der Waals surface area contributed by atoms with Crippen LogP contribution < -0.4 is 9.84 Å². The minimum atomic E-state index is -1.71. The SMILES string of the molecule is CCc1c(Cc2ccccc2)c2ccc(OC)cn2c1C(=O)C(=O)[O-]. The largest absolute Gasteiger partial charge is 0.541 e. The van der Waals surface area contributed by atoms with E-state index in [1.165, 1.54) is 7.11 Å². The number of fused-ring (bicyclic) bond motifs is 1. The van der Waals surface area contributed by atoms with Crippen LogP contribution in [0.25, 0.3) is 5.52 Å². The molecular formula is C20H18NO4-. The van der Waals surface area contributed by atoms with Crippen molar-refractivity contribution in [3.8, 4) is 5.75 Å². The van der Waals surface area contributed by atoms with Crippen LogP contribution in [-0.2, 0) is 17.6 Å². The number of Topliss-reactive ketones (excluding diaryl/α,β-unsaturated/α-hetero) is 1. The molecule has 2 heterocycles. The standard InChI is InChI=1S/C20H19NO4/c1-3-15-16(11-13-7-5-4-6-8-13)17-10-9-14(25-2)12-21(17)18(15)19(22)20(23)24/h4-10,12H,3,11H2,1-2H3,(H,23,24)/p-1. The number of ether oxygens (including phenoxy) is 1. The Morgan fingerprint density at radius 3 is 2.40 bits per heavy atom. The quantitative estimate of drug-likeness (QED) is 0.510. The average molecular weight is 336 g/mol. The van der Waals surface area contributed by atoms with Gasteiger partial charge in [-0.1, -0.05) is 37.3 Å². The maximum atomic E-state index is 12.3. The van der Waals surface area contributed by atoms with Gasteiger partial charge in [-0.25, -0.2) is 0 Å². The van der Waals surface area contributed by atoms with Crippen LogP contribution in [0.15, 0.2) is 48.7 Å². The van der Waals surface area contributed by atoms with Gasteiger partial charge in [-0.2, -0.15) is 0 Å². The number of pyridine rings is 1. The number of rotatable bonds is 6. The van der Waals surface area contributed by atoms with Gasteiger partial charge < -0.3 is 19.0 Å². The van der Waals surface area contributed by atoms with E-state index in [1.54, 1.807) is 16.7 Å². The van der Waals surface area contributed by atoms with Gasteiger partial charge in [0.15, 0.2) is 0 Å². The second kappa shape index (κ2) is 6.81. The van der Waals surface area contributed by atoms with Gasteiger partial charge in [0.05, 0.1) is 19.0 Å². The van der Waals surface area contributed by atoms with Crippen molar-refractivity contribution in [1.82, 2.24) is 4.40 Å². The third-order valence-electron chi connectivity index (χ3n) is 4.34. The first-order valence-corrected chi connectivity index (χ1v) is 8.06. The number of carbonyl (C=O) groups is 2. The number of carboxylic acids is 1. The zero-order valence-electron chi connectivity index (χ0n) is 14.1. The molecule has 0 unspecified atom stereocenters. The zero-order valence-corrected chi connectivity index (χ0v) is 14.1. The number of hydrogen-bond acceptors (Lipinski definition) is 4. The van der Waals surface area contributed by atoms with Crippen LogP contribution in [0.2, 0.25) is 0 Å². The molecule has 0 amide bonds. The van der Waals surface area contributed by atoms with E-state index < -0.39 is 11.8 Å². The number of carbonyl (C=O) groups excluding carboxylic acids is 2. The van der Waals surface area contributed by atoms with Crippen molar-refractivity contribution in [2.45, 2.75) is 19.8 Å². The van der Waals surface area contributed by atoms with Crippen molar-refractivity contribution >= 4 is 17.3 Å². The van der Waals surface area contributed by atoms with Crippen LogP contribution in [-0.4, -0.2) is 23.3 Å². The van der Waals surface area contributed by atoms with Gasteiger partial charge in [0.1, 0.15) is 11.7 Å². The molecule has 0 bridgehead atoms. The third kappa shape index (κ3) is 3.01. The van der Waals surface area contributed by atoms with Crippen molar-refractivity contribution in [2.75, 3.05) is 7.11 Å². The van der Waals surface area contributed by atoms with E-state index in [2.05, 4.69) is 0 Å². The fraction of sp³-hybridized carbons (Fsp3) is 0.200. The minimum Gasteiger partial charge on any atom is -0.541 e. The molecular weight excluding hydrogens is 318 g/mol. The smallest absolute Gasteiger partial charge is 0.225 e. The normalized spacial score (nSPS) is 10.8. The van der Waals surface area contributed by atoms with Crippen molar-refractivity contribution in [2.24, 2.45) is 0 Å². The Morgan fingerprint density at radius 2 is 1.80 bits per heavy atom. The first kappa shape index (κ1) is 16.8. The number of benzene rings is 1. The van der Waals surface area contributed by atoms with Crippen LogP contribution in [0, 0.1) is 0 Å². The zero-order chi connectivity index (χ0) is 18.0. The summed E-state index contributed by atoms with van der Waals surface area (Å²) in [5, 5.41) is 11.2. The molecule has 0 aliphatic heterocycles. The van der Waals surface area contributed by atoms with Gasteiger partial charge in [-0.15, -0.1) is 0 Å². The number of carboxylic acid groups (broad SMARTS) is 1. The van der Waals surface area contributed by atoms with Crippen LogP contribution in [0.5, 0.6) is 5.75 Å². The van der Waals surface area contributed by atoms with Crippen LogP contribution >= 0.6 is 0 Å². The molecule has 5 nitrogen and oxygen atoms in total. The highest BCUT2D eigenvalue weighted by Crippen LogP contribution is 2.29. The fourth-order valence-electron chi connectivity index (χ4n) is 3.20. The predicted octanol–water partition coefficient (Wildman–Crippen LogP) is 2.03. The molecule has 5 heteroatoms. The molecule has 0 aliphatic rings. The molecule has 0 aliphatic carbocycles. The monoisotopic (exact) mass is 336 g/mol. The summed E-state index contributed by atoms with van der Waals surface area (Å²) in [5.41, 5.74) is 3.70. The number of aliphatic carboxylic acids is 1. The lowest BCUT2D eigenvalue weighted by atomic mass is 9.98. The Labute approximate surface area is 145 Å². The number of aromatic nitrogens is 1. The molecule has 0 saturated heterocycles. The number of nitrogens with zero attached hydrogens (tertiary/aromatic N) is 1. The van der Waals surface area contributed by atoms with Gasteiger partial charge in [-0.3, -0.25) is 4.79 Å². The van der Waals surface area contributed by atoms with Gasteiger partial charge in [-0.05, 0) is 41.7 Å². The number of ketones is 1. The second-order valence-electron chi connectivity index (χ2n) is 5.76. The predicted molar refractivity (Wildman–Crippen MR) is 91.9 cm³/mol. The first-order valence-electron chi connectivity index (χ1n) is 8.06. The highest BCUT2D eigenvalue weighted by molar-refractivity contribution is 6.39. The third-order valence-corrected chi connectivity index (χ3v) is 4.34. The Balaban J connectivity index is 2.28. The molecule has 3 aromatic rings. The first-order chi connectivity index (χ1) is 12.1. The van der Waals surface area contributed by atoms with Gasteiger partial charge >= 0.3 is 0 Å². The Hall–Kier alpha value is -3.08. The molecule has 25 heavy (non-hydrogen) atoms. The number of methoxy groups -OCH3 is 1. The topological polar surface area (TPSA) is 70.8 Å². The molecule has 0 fully saturated rings. The van der Waals surface area contributed by atoms with Crippen LogP contribution in [0.3, 0.4) is 0 Å². The summed E-state index contributed by atoms with van der Waals surface area (Å²) in [6.07, 6.45) is 2.79. The average Bonchev–Trinajstić information content (AvgIpc) is 2.94. The summed E-state index contributed by atoms with van der Waals surface area (Å²) in [6.45, 7) is 1.91. The van der Waals surface area contributed by atoms with E-state index >= 15 is 0 Å². The van der Waals surface area contributed by atoms with E-state index in [-0.39, 0.29) is 5.69 Å². The molecule has 1 aromatic carbocycles. The van der Waals surface area contributed by atoms with Gasteiger partial charge in [0.2, 0.25) is 5.78 Å². The molecule has 128 valence electrons. The highest BCUT2D eigenvalue weighted by atomic mass is 16.5. The van der Waals surface area contributed by atoms with Crippen molar-refractivity contribution < 1.29 is 19.4 Å². The van der Waals surface area contributed by atoms with Crippen LogP contribution in [0.1, 0.15) is 34.1 Å². The summed E-state index contributed by atoms with van der Waals surface area (Å²) in [4.78, 5) is 23.5. The lowest BCUT2D eigenvalue weighted by molar-refractivity contribution is -0.296. The summed E-state index contributed by atoms with van der Waals surface area (Å²) < 4.78 is 6.83. The molecule has 3 rings (SSSR count). The molecule has 0 saturated carbocycles. The molecule has 0 atom stereocenters. The summed E-state index contributed by atoms with van der Waals surface area (Å²) >= 11 is 0. The summed E-state index contributed by atoms with van der Waals surface area (Å²) in [6, 6.07) is 13.5. The van der Waals surface area contributed by atoms with Crippen molar-refractivity contribution in [3.05, 3.63) is 71.0 Å². The summed E-state index contributed by atoms with van der Waals surface area (Å²) in [5.74, 6) is -2.17. The minimum absolute atomic E-state index is 0.141. The van der Waals surface area contributed by atoms with Crippen molar-refractivity contribution in [3.63, 3.8) is 0 Å². The summed E-state index contributed by atoms with van der Waals surface area (Å²) in [7, 11) is 1.52.